The lowest BCUT2D eigenvalue weighted by molar-refractivity contribution is -0.138. The molecule has 1 aliphatic rings. The molecule has 0 saturated carbocycles. The summed E-state index contributed by atoms with van der Waals surface area (Å²) in [5, 5.41) is 11.9. The molecule has 0 bridgehead atoms. The topological polar surface area (TPSA) is 72.9 Å². The second-order valence-corrected chi connectivity index (χ2v) is 7.16. The average molecular weight is 422 g/mol. The number of carboxylic acid groups (broad SMARTS) is 1. The third-order valence-electron chi connectivity index (χ3n) is 4.85. The summed E-state index contributed by atoms with van der Waals surface area (Å²) in [5.41, 5.74) is 0.0724. The van der Waals surface area contributed by atoms with E-state index in [-0.39, 0.29) is 36.6 Å². The lowest BCUT2D eigenvalue weighted by atomic mass is 10.1. The number of likely N-dealkylation sites (tertiary alicyclic amines) is 1. The number of amides is 1. The number of nitrogens with zero attached hydrogens (tertiary/aromatic N) is 2. The maximum Gasteiger partial charge on any atom is 0.317 e. The number of carbonyl (C=O) groups excluding carboxylic acids is 1. The molecule has 2 rings (SSSR count). The minimum absolute atomic E-state index is 0. The fourth-order valence-corrected chi connectivity index (χ4v) is 3.44. The van der Waals surface area contributed by atoms with Gasteiger partial charge >= 0.3 is 5.97 Å². The van der Waals surface area contributed by atoms with Crippen LogP contribution in [-0.2, 0) is 9.59 Å². The second-order valence-electron chi connectivity index (χ2n) is 6.72. The molecule has 1 amide bonds. The lowest BCUT2D eigenvalue weighted by Crippen LogP contribution is -2.43. The van der Waals surface area contributed by atoms with Crippen molar-refractivity contribution in [2.75, 3.05) is 32.0 Å². The van der Waals surface area contributed by atoms with Crippen LogP contribution in [0.15, 0.2) is 18.2 Å². The fourth-order valence-electron chi connectivity index (χ4n) is 3.27. The van der Waals surface area contributed by atoms with Crippen LogP contribution in [-0.4, -0.2) is 65.5 Å². The standard InChI is InChI=1S/C18H25ClFN3O3.ClH/c1-12(18(26)21-16-10-13(19)5-6-15(16)20)23-8-3-4-14(7-9-23)22(2)11-17(24)25;/h5-6,10,12,14H,3-4,7-9,11H2,1-2H3,(H,21,26)(H,24,25);1H. The van der Waals surface area contributed by atoms with E-state index in [0.29, 0.717) is 11.6 Å². The van der Waals surface area contributed by atoms with Crippen LogP contribution < -0.4 is 5.32 Å². The Morgan fingerprint density at radius 3 is 2.78 bits per heavy atom. The summed E-state index contributed by atoms with van der Waals surface area (Å²) in [7, 11) is 1.81. The van der Waals surface area contributed by atoms with Crippen molar-refractivity contribution in [2.24, 2.45) is 0 Å². The Morgan fingerprint density at radius 1 is 1.41 bits per heavy atom. The summed E-state index contributed by atoms with van der Waals surface area (Å²) in [5.74, 6) is -1.66. The summed E-state index contributed by atoms with van der Waals surface area (Å²) in [6.45, 7) is 3.22. The van der Waals surface area contributed by atoms with Crippen LogP contribution in [0.5, 0.6) is 0 Å². The van der Waals surface area contributed by atoms with Gasteiger partial charge in [0, 0.05) is 17.6 Å². The van der Waals surface area contributed by atoms with Crippen LogP contribution in [0.1, 0.15) is 26.2 Å². The molecule has 152 valence electrons. The molecule has 6 nitrogen and oxygen atoms in total. The van der Waals surface area contributed by atoms with Crippen molar-refractivity contribution in [1.29, 1.82) is 0 Å². The van der Waals surface area contributed by atoms with E-state index in [4.69, 9.17) is 16.7 Å². The number of anilines is 1. The van der Waals surface area contributed by atoms with Gasteiger partial charge in [-0.3, -0.25) is 19.4 Å². The van der Waals surface area contributed by atoms with E-state index in [1.165, 1.54) is 18.2 Å². The van der Waals surface area contributed by atoms with Crippen molar-refractivity contribution >= 4 is 41.6 Å². The Labute approximate surface area is 170 Å². The first-order chi connectivity index (χ1) is 12.3. The van der Waals surface area contributed by atoms with Crippen molar-refractivity contribution < 1.29 is 19.1 Å². The van der Waals surface area contributed by atoms with Gasteiger partial charge in [0.05, 0.1) is 18.3 Å². The Balaban J connectivity index is 0.00000364. The van der Waals surface area contributed by atoms with Crippen LogP contribution in [0.3, 0.4) is 0 Å². The molecule has 1 aromatic rings. The zero-order valence-corrected chi connectivity index (χ0v) is 17.0. The van der Waals surface area contributed by atoms with Crippen LogP contribution in [0.4, 0.5) is 10.1 Å². The summed E-state index contributed by atoms with van der Waals surface area (Å²) in [6.07, 6.45) is 2.54. The van der Waals surface area contributed by atoms with Gasteiger partial charge in [-0.15, -0.1) is 12.4 Å². The van der Waals surface area contributed by atoms with Gasteiger partial charge in [-0.2, -0.15) is 0 Å². The molecule has 1 saturated heterocycles. The van der Waals surface area contributed by atoms with E-state index in [9.17, 15) is 14.0 Å². The Bertz CT molecular complexity index is 663. The van der Waals surface area contributed by atoms with Crippen molar-refractivity contribution in [3.63, 3.8) is 0 Å². The van der Waals surface area contributed by atoms with E-state index < -0.39 is 17.8 Å². The highest BCUT2D eigenvalue weighted by Crippen LogP contribution is 2.21. The Morgan fingerprint density at radius 2 is 2.11 bits per heavy atom. The largest absolute Gasteiger partial charge is 0.480 e. The first-order valence-corrected chi connectivity index (χ1v) is 9.07. The SMILES string of the molecule is CC(C(=O)Nc1cc(Cl)ccc1F)N1CCCC(N(C)CC(=O)O)CC1.Cl. The number of aliphatic carboxylic acids is 1. The van der Waals surface area contributed by atoms with Crippen LogP contribution >= 0.6 is 24.0 Å². The van der Waals surface area contributed by atoms with Crippen LogP contribution in [0.25, 0.3) is 0 Å². The molecule has 1 fully saturated rings. The molecular weight excluding hydrogens is 396 g/mol. The highest BCUT2D eigenvalue weighted by molar-refractivity contribution is 6.30. The summed E-state index contributed by atoms with van der Waals surface area (Å²) < 4.78 is 13.8. The molecule has 27 heavy (non-hydrogen) atoms. The molecule has 0 spiro atoms. The molecule has 9 heteroatoms. The maximum absolute atomic E-state index is 13.8. The van der Waals surface area contributed by atoms with Crippen LogP contribution in [0.2, 0.25) is 5.02 Å². The quantitative estimate of drug-likeness (QED) is 0.737. The normalized spacial score (nSPS) is 19.1. The van der Waals surface area contributed by atoms with E-state index in [1.807, 2.05) is 16.8 Å². The number of hydrogen-bond donors (Lipinski definition) is 2. The van der Waals surface area contributed by atoms with Crippen LogP contribution in [0, 0.1) is 5.82 Å². The first-order valence-electron chi connectivity index (χ1n) is 8.70. The predicted octanol–water partition coefficient (Wildman–Crippen LogP) is 3.10. The van der Waals surface area contributed by atoms with Gasteiger partial charge < -0.3 is 10.4 Å². The monoisotopic (exact) mass is 421 g/mol. The fraction of sp³-hybridized carbons (Fsp3) is 0.556. The summed E-state index contributed by atoms with van der Waals surface area (Å²) >= 11 is 5.86. The third-order valence-corrected chi connectivity index (χ3v) is 5.09. The highest BCUT2D eigenvalue weighted by Gasteiger charge is 2.27. The first kappa shape index (κ1) is 23.6. The van der Waals surface area contributed by atoms with Gasteiger partial charge in [-0.1, -0.05) is 11.6 Å². The number of carbonyl (C=O) groups is 2. The number of likely N-dealkylation sites (N-methyl/N-ethyl adjacent to an activating group) is 1. The average Bonchev–Trinajstić information content (AvgIpc) is 2.83. The van der Waals surface area contributed by atoms with Gasteiger partial charge in [0.15, 0.2) is 0 Å². The van der Waals surface area contributed by atoms with Gasteiger partial charge in [-0.25, -0.2) is 4.39 Å². The molecular formula is C18H26Cl2FN3O3. The Kier molecular flexibility index (Phi) is 9.45. The molecule has 2 atom stereocenters. The number of rotatable bonds is 6. The molecule has 2 N–H and O–H groups in total. The van der Waals surface area contributed by atoms with E-state index in [0.717, 1.165) is 25.8 Å². The van der Waals surface area contributed by atoms with Gasteiger partial charge in [-0.05, 0) is 58.0 Å². The molecule has 1 heterocycles. The van der Waals surface area contributed by atoms with Gasteiger partial charge in [0.1, 0.15) is 5.82 Å². The number of nitrogens with one attached hydrogen (secondary N) is 1. The number of hydrogen-bond acceptors (Lipinski definition) is 4. The maximum atomic E-state index is 13.8. The zero-order valence-electron chi connectivity index (χ0n) is 15.5. The number of benzene rings is 1. The number of halogens is 3. The molecule has 1 aliphatic heterocycles. The third kappa shape index (κ3) is 6.92. The minimum atomic E-state index is -0.843. The minimum Gasteiger partial charge on any atom is -0.480 e. The van der Waals surface area contributed by atoms with Crippen molar-refractivity contribution in [3.8, 4) is 0 Å². The Hall–Kier alpha value is -1.41. The van der Waals surface area contributed by atoms with Crippen molar-refractivity contribution in [2.45, 2.75) is 38.3 Å². The summed E-state index contributed by atoms with van der Waals surface area (Å²) in [6, 6.07) is 3.80. The number of carboxylic acids is 1. The molecule has 1 aromatic carbocycles. The van der Waals surface area contributed by atoms with Crippen molar-refractivity contribution in [1.82, 2.24) is 9.80 Å². The lowest BCUT2D eigenvalue weighted by Gasteiger charge is -2.28. The molecule has 0 aromatic heterocycles. The molecule has 0 aliphatic carbocycles. The second kappa shape index (κ2) is 10.8. The highest BCUT2D eigenvalue weighted by atomic mass is 35.5. The van der Waals surface area contributed by atoms with E-state index in [2.05, 4.69) is 5.32 Å². The zero-order chi connectivity index (χ0) is 19.3. The molecule has 0 radical (unpaired) electrons. The van der Waals surface area contributed by atoms with Crippen molar-refractivity contribution in [3.05, 3.63) is 29.0 Å². The molecule has 2 unspecified atom stereocenters. The van der Waals surface area contributed by atoms with E-state index >= 15 is 0 Å². The van der Waals surface area contributed by atoms with Gasteiger partial charge in [0.2, 0.25) is 5.91 Å². The summed E-state index contributed by atoms with van der Waals surface area (Å²) in [4.78, 5) is 27.3. The predicted molar refractivity (Wildman–Crippen MR) is 106 cm³/mol. The smallest absolute Gasteiger partial charge is 0.317 e. The van der Waals surface area contributed by atoms with Gasteiger partial charge in [0.25, 0.3) is 0 Å². The van der Waals surface area contributed by atoms with E-state index in [1.54, 1.807) is 6.92 Å².